The summed E-state index contributed by atoms with van der Waals surface area (Å²) in [5.41, 5.74) is 6.78. The third-order valence-electron chi connectivity index (χ3n) is 5.23. The van der Waals surface area contributed by atoms with Crippen molar-refractivity contribution in [2.45, 2.75) is 20.0 Å². The predicted molar refractivity (Wildman–Crippen MR) is 124 cm³/mol. The third kappa shape index (κ3) is 5.34. The van der Waals surface area contributed by atoms with Gasteiger partial charge in [0.15, 0.2) is 5.65 Å². The molecule has 0 saturated heterocycles. The van der Waals surface area contributed by atoms with Crippen LogP contribution in [0.3, 0.4) is 0 Å². The highest BCUT2D eigenvalue weighted by Crippen LogP contribution is 2.35. The Morgan fingerprint density at radius 1 is 1.09 bits per heavy atom. The Morgan fingerprint density at radius 2 is 1.83 bits per heavy atom. The number of ether oxygens (including phenoxy) is 1. The minimum Gasteiger partial charge on any atom is -0.492 e. The predicted octanol–water partition coefficient (Wildman–Crippen LogP) is 4.21. The fraction of sp³-hybridized carbons (Fsp3) is 0.250. The SMILES string of the molecule is CC(C)C(=O)NCCOc1ccc(-c2ccc3ncc(-c4cnc(N)c(C(F)(F)F)c4)n3n2)cc1. The number of anilines is 1. The number of nitrogens with one attached hydrogen (secondary N) is 1. The molecule has 0 spiro atoms. The Labute approximate surface area is 199 Å². The van der Waals surface area contributed by atoms with Crippen molar-refractivity contribution in [3.63, 3.8) is 0 Å². The molecule has 1 aromatic carbocycles. The van der Waals surface area contributed by atoms with E-state index < -0.39 is 17.6 Å². The fourth-order valence-electron chi connectivity index (χ4n) is 3.34. The third-order valence-corrected chi connectivity index (χ3v) is 5.23. The Kier molecular flexibility index (Phi) is 6.59. The van der Waals surface area contributed by atoms with Crippen LogP contribution >= 0.6 is 0 Å². The highest BCUT2D eigenvalue weighted by atomic mass is 19.4. The maximum atomic E-state index is 13.3. The molecule has 0 fully saturated rings. The number of nitrogens with two attached hydrogens (primary N) is 1. The molecular weight excluding hydrogens is 461 g/mol. The molecule has 4 aromatic rings. The maximum Gasteiger partial charge on any atom is 0.419 e. The Morgan fingerprint density at radius 3 is 2.51 bits per heavy atom. The number of nitrogens with zero attached hydrogens (tertiary/aromatic N) is 4. The number of aromatic nitrogens is 4. The van der Waals surface area contributed by atoms with Gasteiger partial charge in [0.25, 0.3) is 0 Å². The normalized spacial score (nSPS) is 11.7. The molecule has 3 aromatic heterocycles. The molecule has 0 aliphatic heterocycles. The second kappa shape index (κ2) is 9.61. The second-order valence-electron chi connectivity index (χ2n) is 8.11. The molecule has 182 valence electrons. The van der Waals surface area contributed by atoms with Crippen LogP contribution in [0.25, 0.3) is 28.2 Å². The summed E-state index contributed by atoms with van der Waals surface area (Å²) in [5, 5.41) is 7.34. The number of imidazole rings is 1. The monoisotopic (exact) mass is 484 g/mol. The van der Waals surface area contributed by atoms with Gasteiger partial charge >= 0.3 is 6.18 Å². The smallest absolute Gasteiger partial charge is 0.419 e. The highest BCUT2D eigenvalue weighted by Gasteiger charge is 2.34. The number of hydrogen-bond donors (Lipinski definition) is 2. The number of benzene rings is 1. The number of carbonyl (C=O) groups excluding carboxylic acids is 1. The lowest BCUT2D eigenvalue weighted by Gasteiger charge is -2.11. The zero-order chi connectivity index (χ0) is 25.2. The van der Waals surface area contributed by atoms with E-state index in [9.17, 15) is 18.0 Å². The van der Waals surface area contributed by atoms with Gasteiger partial charge in [-0.1, -0.05) is 13.8 Å². The first kappa shape index (κ1) is 24.0. The van der Waals surface area contributed by atoms with Gasteiger partial charge in [0.2, 0.25) is 5.91 Å². The van der Waals surface area contributed by atoms with Crippen molar-refractivity contribution in [3.8, 4) is 28.3 Å². The van der Waals surface area contributed by atoms with Gasteiger partial charge in [-0.15, -0.1) is 0 Å². The highest BCUT2D eigenvalue weighted by molar-refractivity contribution is 5.77. The molecule has 0 saturated carbocycles. The summed E-state index contributed by atoms with van der Waals surface area (Å²) in [7, 11) is 0. The molecule has 8 nitrogen and oxygen atoms in total. The van der Waals surface area contributed by atoms with Crippen LogP contribution in [0.2, 0.25) is 0 Å². The molecule has 3 heterocycles. The fourth-order valence-corrected chi connectivity index (χ4v) is 3.34. The Hall–Kier alpha value is -4.15. The summed E-state index contributed by atoms with van der Waals surface area (Å²) in [6.07, 6.45) is -1.93. The van der Waals surface area contributed by atoms with Gasteiger partial charge in [-0.05, 0) is 42.5 Å². The molecule has 0 aliphatic carbocycles. The molecule has 0 bridgehead atoms. The van der Waals surface area contributed by atoms with Crippen molar-refractivity contribution in [2.24, 2.45) is 5.92 Å². The van der Waals surface area contributed by atoms with Crippen LogP contribution in [0.15, 0.2) is 54.9 Å². The molecule has 0 radical (unpaired) electrons. The number of amides is 1. The lowest BCUT2D eigenvalue weighted by Crippen LogP contribution is -2.31. The van der Waals surface area contributed by atoms with Gasteiger partial charge in [0, 0.05) is 23.2 Å². The average molecular weight is 484 g/mol. The first-order chi connectivity index (χ1) is 16.6. The minimum atomic E-state index is -4.63. The Bertz CT molecular complexity index is 1350. The lowest BCUT2D eigenvalue weighted by molar-refractivity contribution is -0.137. The van der Waals surface area contributed by atoms with E-state index in [4.69, 9.17) is 10.5 Å². The average Bonchev–Trinajstić information content (AvgIpc) is 3.25. The van der Waals surface area contributed by atoms with Crippen molar-refractivity contribution in [1.82, 2.24) is 24.9 Å². The summed E-state index contributed by atoms with van der Waals surface area (Å²) >= 11 is 0. The first-order valence-electron chi connectivity index (χ1n) is 10.8. The molecule has 4 rings (SSSR count). The van der Waals surface area contributed by atoms with E-state index in [-0.39, 0.29) is 17.4 Å². The second-order valence-corrected chi connectivity index (χ2v) is 8.11. The van der Waals surface area contributed by atoms with Gasteiger partial charge in [-0.25, -0.2) is 14.5 Å². The number of fused-ring (bicyclic) bond motifs is 1. The molecule has 11 heteroatoms. The zero-order valence-corrected chi connectivity index (χ0v) is 19.0. The lowest BCUT2D eigenvalue weighted by atomic mass is 10.1. The van der Waals surface area contributed by atoms with Crippen molar-refractivity contribution in [1.29, 1.82) is 0 Å². The number of carbonyl (C=O) groups is 1. The first-order valence-corrected chi connectivity index (χ1v) is 10.8. The van der Waals surface area contributed by atoms with Crippen molar-refractivity contribution in [2.75, 3.05) is 18.9 Å². The number of rotatable bonds is 7. The summed E-state index contributed by atoms with van der Waals surface area (Å²) in [5.74, 6) is -0.0790. The van der Waals surface area contributed by atoms with Gasteiger partial charge < -0.3 is 15.8 Å². The van der Waals surface area contributed by atoms with Crippen molar-refractivity contribution < 1.29 is 22.7 Å². The topological polar surface area (TPSA) is 107 Å². The minimum absolute atomic E-state index is 0.0336. The van der Waals surface area contributed by atoms with E-state index in [1.807, 2.05) is 26.0 Å². The van der Waals surface area contributed by atoms with Crippen LogP contribution < -0.4 is 15.8 Å². The number of alkyl halides is 3. The van der Waals surface area contributed by atoms with E-state index in [1.165, 1.54) is 16.9 Å². The largest absolute Gasteiger partial charge is 0.492 e. The van der Waals surface area contributed by atoms with Crippen LogP contribution in [0.5, 0.6) is 5.75 Å². The van der Waals surface area contributed by atoms with Gasteiger partial charge in [0.05, 0.1) is 29.7 Å². The van der Waals surface area contributed by atoms with Gasteiger partial charge in [-0.3, -0.25) is 4.79 Å². The van der Waals surface area contributed by atoms with E-state index in [0.29, 0.717) is 35.9 Å². The van der Waals surface area contributed by atoms with Crippen molar-refractivity contribution >= 4 is 17.4 Å². The Balaban J connectivity index is 1.54. The summed E-state index contributed by atoms with van der Waals surface area (Å²) in [4.78, 5) is 19.5. The van der Waals surface area contributed by atoms with E-state index >= 15 is 0 Å². The van der Waals surface area contributed by atoms with Crippen LogP contribution in [0, 0.1) is 5.92 Å². The van der Waals surface area contributed by atoms with Crippen LogP contribution in [-0.4, -0.2) is 38.6 Å². The summed E-state index contributed by atoms with van der Waals surface area (Å²) < 4.78 is 47.0. The van der Waals surface area contributed by atoms with Crippen LogP contribution in [0.1, 0.15) is 19.4 Å². The quantitative estimate of drug-likeness (QED) is 0.381. The molecular formula is C24H23F3N6O2. The van der Waals surface area contributed by atoms with E-state index in [1.54, 1.807) is 24.3 Å². The molecule has 0 unspecified atom stereocenters. The molecule has 1 amide bonds. The maximum absolute atomic E-state index is 13.3. The number of nitrogen functional groups attached to an aromatic ring is 1. The molecule has 3 N–H and O–H groups in total. The standard InChI is InChI=1S/C24H23F3N6O2/c1-14(2)23(34)29-9-10-35-17-5-3-15(4-6-17)19-7-8-21-30-13-20(33(21)32-19)16-11-18(24(25,26)27)22(28)31-12-16/h3-8,11-14H,9-10H2,1-2H3,(H2,28,31)(H,29,34). The van der Waals surface area contributed by atoms with Gasteiger partial charge in [-0.2, -0.15) is 18.3 Å². The number of hydrogen-bond acceptors (Lipinski definition) is 6. The zero-order valence-electron chi connectivity index (χ0n) is 19.0. The number of halogens is 3. The molecule has 0 atom stereocenters. The molecule has 0 aliphatic rings. The number of pyridine rings is 1. The van der Waals surface area contributed by atoms with Crippen LogP contribution in [0.4, 0.5) is 19.0 Å². The van der Waals surface area contributed by atoms with Crippen molar-refractivity contribution in [3.05, 3.63) is 60.4 Å². The van der Waals surface area contributed by atoms with Crippen LogP contribution in [-0.2, 0) is 11.0 Å². The summed E-state index contributed by atoms with van der Waals surface area (Å²) in [6, 6.07) is 11.6. The van der Waals surface area contributed by atoms with E-state index in [0.717, 1.165) is 11.6 Å². The molecule has 35 heavy (non-hydrogen) atoms. The van der Waals surface area contributed by atoms with Gasteiger partial charge in [0.1, 0.15) is 18.2 Å². The summed E-state index contributed by atoms with van der Waals surface area (Å²) in [6.45, 7) is 4.37. The van der Waals surface area contributed by atoms with E-state index in [2.05, 4.69) is 20.4 Å².